The van der Waals surface area contributed by atoms with E-state index >= 15 is 0 Å². The highest BCUT2D eigenvalue weighted by molar-refractivity contribution is 5.91. The molecule has 0 heterocycles. The summed E-state index contributed by atoms with van der Waals surface area (Å²) in [6, 6.07) is 11.6. The minimum Gasteiger partial charge on any atom is -0.490 e. The smallest absolute Gasteiger partial charge is 0.335 e. The van der Waals surface area contributed by atoms with Gasteiger partial charge in [-0.2, -0.15) is 0 Å². The van der Waals surface area contributed by atoms with Gasteiger partial charge in [0.1, 0.15) is 12.4 Å². The third kappa shape index (κ3) is 6.63. The van der Waals surface area contributed by atoms with Gasteiger partial charge in [0.05, 0.1) is 11.3 Å². The van der Waals surface area contributed by atoms with E-state index in [9.17, 15) is 9.59 Å². The number of hydrogen-bond acceptors (Lipinski definition) is 4. The number of aromatic carboxylic acids is 1. The van der Waals surface area contributed by atoms with Crippen LogP contribution in [0, 0.1) is 6.92 Å². The normalized spacial score (nSPS) is 10.5. The van der Waals surface area contributed by atoms with E-state index in [-0.39, 0.29) is 18.1 Å². The molecule has 7 heteroatoms. The Bertz CT molecular complexity index is 788. The molecule has 2 amide bonds. The largest absolute Gasteiger partial charge is 0.490 e. The molecule has 0 aliphatic rings. The van der Waals surface area contributed by atoms with Crippen molar-refractivity contribution in [1.82, 2.24) is 10.2 Å². The van der Waals surface area contributed by atoms with E-state index in [1.54, 1.807) is 12.1 Å². The number of carbonyl (C=O) groups is 2. The van der Waals surface area contributed by atoms with E-state index < -0.39 is 5.97 Å². The number of ether oxygens (including phenoxy) is 1. The maximum atomic E-state index is 12.2. The van der Waals surface area contributed by atoms with Crippen LogP contribution in [-0.2, 0) is 6.54 Å². The van der Waals surface area contributed by atoms with Crippen LogP contribution < -0.4 is 15.4 Å². The molecule has 2 aromatic rings. The Morgan fingerprint density at radius 1 is 1.11 bits per heavy atom. The van der Waals surface area contributed by atoms with Crippen molar-refractivity contribution in [3.8, 4) is 5.75 Å². The fourth-order valence-electron chi connectivity index (χ4n) is 2.30. The fourth-order valence-corrected chi connectivity index (χ4v) is 2.30. The van der Waals surface area contributed by atoms with Crippen molar-refractivity contribution >= 4 is 17.7 Å². The lowest BCUT2D eigenvalue weighted by Gasteiger charge is -2.15. The summed E-state index contributed by atoms with van der Waals surface area (Å²) in [5, 5.41) is 14.4. The summed E-state index contributed by atoms with van der Waals surface area (Å²) < 4.78 is 5.79. The number of rotatable bonds is 8. The van der Waals surface area contributed by atoms with Gasteiger partial charge in [0.25, 0.3) is 0 Å². The Hall–Kier alpha value is -3.06. The highest BCUT2D eigenvalue weighted by atomic mass is 16.5. The number of hydrogen-bond donors (Lipinski definition) is 3. The first-order valence-electron chi connectivity index (χ1n) is 8.60. The summed E-state index contributed by atoms with van der Waals surface area (Å²) in [6.07, 6.45) is 0. The molecule has 2 rings (SSSR count). The van der Waals surface area contributed by atoms with Crippen molar-refractivity contribution in [3.63, 3.8) is 0 Å². The molecule has 0 spiro atoms. The van der Waals surface area contributed by atoms with Crippen molar-refractivity contribution in [3.05, 3.63) is 59.2 Å². The monoisotopic (exact) mass is 371 g/mol. The molecule has 2 aromatic carbocycles. The SMILES string of the molecule is Cc1ccc(NC(=O)NCc2ccc(C(=O)O)cc2)c(OCCN(C)C)c1. The first-order valence-corrected chi connectivity index (χ1v) is 8.60. The van der Waals surface area contributed by atoms with Crippen LogP contribution in [-0.4, -0.2) is 49.3 Å². The quantitative estimate of drug-likeness (QED) is 0.664. The fraction of sp³-hybridized carbons (Fsp3) is 0.300. The molecule has 27 heavy (non-hydrogen) atoms. The molecular formula is C20H25N3O4. The second kappa shape index (κ2) is 9.59. The minimum atomic E-state index is -0.978. The lowest BCUT2D eigenvalue weighted by molar-refractivity contribution is 0.0697. The van der Waals surface area contributed by atoms with Gasteiger partial charge in [-0.15, -0.1) is 0 Å². The number of urea groups is 1. The molecule has 0 atom stereocenters. The number of amides is 2. The van der Waals surface area contributed by atoms with Crippen molar-refractivity contribution < 1.29 is 19.4 Å². The Balaban J connectivity index is 1.93. The van der Waals surface area contributed by atoms with E-state index in [0.717, 1.165) is 17.7 Å². The van der Waals surface area contributed by atoms with Crippen LogP contribution in [0.15, 0.2) is 42.5 Å². The second-order valence-electron chi connectivity index (χ2n) is 6.46. The van der Waals surface area contributed by atoms with Crippen LogP contribution in [0.1, 0.15) is 21.5 Å². The third-order valence-electron chi connectivity index (χ3n) is 3.84. The number of aryl methyl sites for hydroxylation is 1. The number of carbonyl (C=O) groups excluding carboxylic acids is 1. The third-order valence-corrected chi connectivity index (χ3v) is 3.84. The molecule has 0 saturated heterocycles. The number of carboxylic acid groups (broad SMARTS) is 1. The number of carboxylic acids is 1. The van der Waals surface area contributed by atoms with E-state index in [4.69, 9.17) is 9.84 Å². The number of nitrogens with one attached hydrogen (secondary N) is 2. The number of benzene rings is 2. The molecule has 0 aliphatic heterocycles. The van der Waals surface area contributed by atoms with Gasteiger partial charge in [0, 0.05) is 13.1 Å². The Morgan fingerprint density at radius 3 is 2.44 bits per heavy atom. The summed E-state index contributed by atoms with van der Waals surface area (Å²) in [5.41, 5.74) is 2.65. The first kappa shape index (κ1) is 20.3. The number of nitrogens with zero attached hydrogens (tertiary/aromatic N) is 1. The van der Waals surface area contributed by atoms with Crippen molar-refractivity contribution in [2.24, 2.45) is 0 Å². The van der Waals surface area contributed by atoms with E-state index in [0.29, 0.717) is 18.0 Å². The van der Waals surface area contributed by atoms with Crippen LogP contribution in [0.5, 0.6) is 5.75 Å². The van der Waals surface area contributed by atoms with Gasteiger partial charge in [-0.3, -0.25) is 0 Å². The molecular weight excluding hydrogens is 346 g/mol. The average molecular weight is 371 g/mol. The summed E-state index contributed by atoms with van der Waals surface area (Å²) in [4.78, 5) is 25.1. The number of likely N-dealkylation sites (N-methyl/N-ethyl adjacent to an activating group) is 1. The molecule has 0 unspecified atom stereocenters. The van der Waals surface area contributed by atoms with Crippen LogP contribution in [0.2, 0.25) is 0 Å². The number of anilines is 1. The van der Waals surface area contributed by atoms with Crippen LogP contribution in [0.25, 0.3) is 0 Å². The molecule has 0 saturated carbocycles. The van der Waals surface area contributed by atoms with Crippen molar-refractivity contribution in [2.75, 3.05) is 32.6 Å². The molecule has 0 fully saturated rings. The predicted octanol–water partition coefficient (Wildman–Crippen LogP) is 2.96. The maximum absolute atomic E-state index is 12.2. The lowest BCUT2D eigenvalue weighted by Crippen LogP contribution is -2.28. The van der Waals surface area contributed by atoms with Crippen molar-refractivity contribution in [2.45, 2.75) is 13.5 Å². The van der Waals surface area contributed by atoms with E-state index in [1.807, 2.05) is 44.1 Å². The minimum absolute atomic E-state index is 0.211. The van der Waals surface area contributed by atoms with Gasteiger partial charge in [0.2, 0.25) is 0 Å². The Morgan fingerprint density at radius 2 is 1.81 bits per heavy atom. The van der Waals surface area contributed by atoms with Crippen LogP contribution in [0.3, 0.4) is 0 Å². The summed E-state index contributed by atoms with van der Waals surface area (Å²) in [7, 11) is 3.93. The zero-order chi connectivity index (χ0) is 19.8. The van der Waals surface area contributed by atoms with E-state index in [2.05, 4.69) is 10.6 Å². The van der Waals surface area contributed by atoms with Crippen molar-refractivity contribution in [1.29, 1.82) is 0 Å². The maximum Gasteiger partial charge on any atom is 0.335 e. The zero-order valence-electron chi connectivity index (χ0n) is 15.8. The molecule has 0 aliphatic carbocycles. The van der Waals surface area contributed by atoms with Gasteiger partial charge in [-0.05, 0) is 56.4 Å². The highest BCUT2D eigenvalue weighted by Crippen LogP contribution is 2.25. The average Bonchev–Trinajstić information content (AvgIpc) is 2.62. The second-order valence-corrected chi connectivity index (χ2v) is 6.46. The van der Waals surface area contributed by atoms with Gasteiger partial charge < -0.3 is 25.4 Å². The van der Waals surface area contributed by atoms with E-state index in [1.165, 1.54) is 12.1 Å². The Labute approximate surface area is 158 Å². The van der Waals surface area contributed by atoms with Gasteiger partial charge in [-0.25, -0.2) is 9.59 Å². The molecule has 7 nitrogen and oxygen atoms in total. The summed E-state index contributed by atoms with van der Waals surface area (Å²) in [6.45, 7) is 3.53. The molecule has 144 valence electrons. The molecule has 0 radical (unpaired) electrons. The van der Waals surface area contributed by atoms with Crippen LogP contribution in [0.4, 0.5) is 10.5 Å². The van der Waals surface area contributed by atoms with Gasteiger partial charge >= 0.3 is 12.0 Å². The summed E-state index contributed by atoms with van der Waals surface area (Å²) >= 11 is 0. The highest BCUT2D eigenvalue weighted by Gasteiger charge is 2.09. The van der Waals surface area contributed by atoms with Crippen LogP contribution >= 0.6 is 0 Å². The molecule has 0 bridgehead atoms. The lowest BCUT2D eigenvalue weighted by atomic mass is 10.1. The molecule has 3 N–H and O–H groups in total. The first-order chi connectivity index (χ1) is 12.8. The molecule has 0 aromatic heterocycles. The summed E-state index contributed by atoms with van der Waals surface area (Å²) in [5.74, 6) is -0.355. The standard InChI is InChI=1S/C20H25N3O4/c1-14-4-9-17(18(12-14)27-11-10-23(2)3)22-20(26)21-13-15-5-7-16(8-6-15)19(24)25/h4-9,12H,10-11,13H2,1-3H3,(H,24,25)(H2,21,22,26). The topological polar surface area (TPSA) is 90.9 Å². The predicted molar refractivity (Wildman–Crippen MR) is 104 cm³/mol. The van der Waals surface area contributed by atoms with Gasteiger partial charge in [0.15, 0.2) is 0 Å². The zero-order valence-corrected chi connectivity index (χ0v) is 15.8. The van der Waals surface area contributed by atoms with Gasteiger partial charge in [-0.1, -0.05) is 18.2 Å². The Kier molecular flexibility index (Phi) is 7.19.